The molecule has 0 aromatic heterocycles. The summed E-state index contributed by atoms with van der Waals surface area (Å²) in [7, 11) is 0.570. The third-order valence-electron chi connectivity index (χ3n) is 2.65. The Hall–Kier alpha value is -0.953. The zero-order valence-corrected chi connectivity index (χ0v) is 12.9. The summed E-state index contributed by atoms with van der Waals surface area (Å²) in [5.41, 5.74) is 0. The summed E-state index contributed by atoms with van der Waals surface area (Å²) in [6, 6.07) is 21.5. The van der Waals surface area contributed by atoms with Crippen molar-refractivity contribution in [3.05, 3.63) is 60.7 Å². The second kappa shape index (κ2) is 6.70. The Morgan fingerprint density at radius 2 is 1.29 bits per heavy atom. The van der Waals surface area contributed by atoms with Crippen molar-refractivity contribution < 1.29 is 4.43 Å². The summed E-state index contributed by atoms with van der Waals surface area (Å²) in [6.07, 6.45) is 1.12. The molecule has 0 amide bonds. The van der Waals surface area contributed by atoms with Gasteiger partial charge in [0, 0.05) is 6.61 Å². The molecule has 0 aliphatic rings. The predicted octanol–water partition coefficient (Wildman–Crippen LogP) is 1.42. The van der Waals surface area contributed by atoms with Crippen molar-refractivity contribution in [2.75, 3.05) is 12.8 Å². The average Bonchev–Trinajstić information content (AvgIpc) is 2.42. The van der Waals surface area contributed by atoms with Crippen LogP contribution in [0.3, 0.4) is 0 Å². The molecule has 0 atom stereocenters. The van der Waals surface area contributed by atoms with Crippen LogP contribution in [0.4, 0.5) is 0 Å². The highest BCUT2D eigenvalue weighted by Crippen LogP contribution is 2.32. The predicted molar refractivity (Wildman–Crippen MR) is 79.8 cm³/mol. The fraction of sp³-hybridized carbons (Fsp3) is 0.143. The molecule has 0 spiro atoms. The quantitative estimate of drug-likeness (QED) is 0.583. The molecule has 0 aliphatic carbocycles. The summed E-state index contributed by atoms with van der Waals surface area (Å²) in [4.78, 5) is 0. The van der Waals surface area contributed by atoms with Gasteiger partial charge in [-0.3, -0.25) is 0 Å². The maximum Gasteiger partial charge on any atom is 0.145 e. The van der Waals surface area contributed by atoms with Gasteiger partial charge in [-0.1, -0.05) is 60.7 Å². The van der Waals surface area contributed by atoms with Crippen LogP contribution in [-0.2, 0) is 4.43 Å². The van der Waals surface area contributed by atoms with E-state index in [-0.39, 0.29) is 7.92 Å². The van der Waals surface area contributed by atoms with Crippen LogP contribution in [0.1, 0.15) is 0 Å². The van der Waals surface area contributed by atoms with E-state index in [4.69, 9.17) is 4.43 Å². The molecular formula is C14H17OPSi. The van der Waals surface area contributed by atoms with Gasteiger partial charge in [0.05, 0.1) is 0 Å². The molecule has 0 saturated heterocycles. The summed E-state index contributed by atoms with van der Waals surface area (Å²) in [5.74, 6) is 0. The smallest absolute Gasteiger partial charge is 0.145 e. The largest absolute Gasteiger partial charge is 0.428 e. The van der Waals surface area contributed by atoms with Gasteiger partial charge >= 0.3 is 0 Å². The third-order valence-corrected chi connectivity index (χ3v) is 5.54. The van der Waals surface area contributed by atoms with Crippen LogP contribution < -0.4 is 10.6 Å². The standard InChI is InChI=1S/C14H17OPSi/c17-15-11-12-16(13-7-3-1-4-8-13)14-9-5-2-6-10-14/h1-10H,11-12H2,17H3. The molecule has 0 bridgehead atoms. The number of hydrogen-bond donors (Lipinski definition) is 0. The minimum Gasteiger partial charge on any atom is -0.428 e. The maximum atomic E-state index is 5.37. The molecule has 0 unspecified atom stereocenters. The third kappa shape index (κ3) is 3.50. The molecular weight excluding hydrogens is 243 g/mol. The zero-order valence-electron chi connectivity index (χ0n) is 10.0. The van der Waals surface area contributed by atoms with Gasteiger partial charge in [0.15, 0.2) is 0 Å². The summed E-state index contributed by atoms with van der Waals surface area (Å²) < 4.78 is 5.37. The van der Waals surface area contributed by atoms with E-state index in [2.05, 4.69) is 60.7 Å². The van der Waals surface area contributed by atoms with Crippen molar-refractivity contribution in [3.8, 4) is 0 Å². The minimum atomic E-state index is -0.260. The van der Waals surface area contributed by atoms with Crippen molar-refractivity contribution >= 4 is 29.0 Å². The fourth-order valence-electron chi connectivity index (χ4n) is 1.81. The van der Waals surface area contributed by atoms with Crippen LogP contribution in [0, 0.1) is 0 Å². The maximum absolute atomic E-state index is 5.37. The Labute approximate surface area is 107 Å². The van der Waals surface area contributed by atoms with Crippen molar-refractivity contribution in [3.63, 3.8) is 0 Å². The molecule has 0 saturated carbocycles. The fourth-order valence-corrected chi connectivity index (χ4v) is 4.60. The zero-order chi connectivity index (χ0) is 11.9. The lowest BCUT2D eigenvalue weighted by Crippen LogP contribution is -2.15. The highest BCUT2D eigenvalue weighted by molar-refractivity contribution is 7.73. The molecule has 0 N–H and O–H groups in total. The lowest BCUT2D eigenvalue weighted by Gasteiger charge is -2.18. The molecule has 88 valence electrons. The second-order valence-electron chi connectivity index (χ2n) is 3.82. The minimum absolute atomic E-state index is 0.260. The van der Waals surface area contributed by atoms with Crippen molar-refractivity contribution in [2.24, 2.45) is 0 Å². The van der Waals surface area contributed by atoms with E-state index >= 15 is 0 Å². The first-order valence-corrected chi connectivity index (χ1v) is 8.13. The molecule has 2 rings (SSSR count). The van der Waals surface area contributed by atoms with E-state index in [0.29, 0.717) is 0 Å². The Morgan fingerprint density at radius 1 is 0.824 bits per heavy atom. The van der Waals surface area contributed by atoms with Gasteiger partial charge in [-0.25, -0.2) is 0 Å². The van der Waals surface area contributed by atoms with Gasteiger partial charge in [-0.15, -0.1) is 0 Å². The molecule has 17 heavy (non-hydrogen) atoms. The van der Waals surface area contributed by atoms with Crippen LogP contribution in [-0.4, -0.2) is 23.3 Å². The number of hydrogen-bond acceptors (Lipinski definition) is 1. The number of rotatable bonds is 5. The van der Waals surface area contributed by atoms with E-state index in [1.165, 1.54) is 10.6 Å². The van der Waals surface area contributed by atoms with E-state index in [9.17, 15) is 0 Å². The van der Waals surface area contributed by atoms with E-state index in [1.807, 2.05) is 0 Å². The Kier molecular flexibility index (Phi) is 4.93. The summed E-state index contributed by atoms with van der Waals surface area (Å²) >= 11 is 0. The SMILES string of the molecule is [SiH3]OCCP(c1ccccc1)c1ccccc1. The monoisotopic (exact) mass is 260 g/mol. The molecule has 0 radical (unpaired) electrons. The van der Waals surface area contributed by atoms with Crippen molar-refractivity contribution in [1.82, 2.24) is 0 Å². The second-order valence-corrected chi connectivity index (χ2v) is 6.73. The first kappa shape index (κ1) is 12.5. The van der Waals surface area contributed by atoms with Gasteiger partial charge in [0.1, 0.15) is 10.5 Å². The highest BCUT2D eigenvalue weighted by Gasteiger charge is 2.12. The van der Waals surface area contributed by atoms with Crippen LogP contribution in [0.5, 0.6) is 0 Å². The lowest BCUT2D eigenvalue weighted by atomic mass is 10.4. The topological polar surface area (TPSA) is 9.23 Å². The van der Waals surface area contributed by atoms with Crippen LogP contribution >= 0.6 is 7.92 Å². The van der Waals surface area contributed by atoms with E-state index in [1.54, 1.807) is 0 Å². The van der Waals surface area contributed by atoms with Gasteiger partial charge in [-0.05, 0) is 24.7 Å². The van der Waals surface area contributed by atoms with Gasteiger partial charge in [-0.2, -0.15) is 0 Å². The highest BCUT2D eigenvalue weighted by atomic mass is 31.1. The van der Waals surface area contributed by atoms with Gasteiger partial charge < -0.3 is 4.43 Å². The molecule has 1 nitrogen and oxygen atoms in total. The Morgan fingerprint density at radius 3 is 1.71 bits per heavy atom. The van der Waals surface area contributed by atoms with Crippen LogP contribution in [0.25, 0.3) is 0 Å². The van der Waals surface area contributed by atoms with Crippen LogP contribution in [0.15, 0.2) is 60.7 Å². The molecule has 3 heteroatoms. The Bertz CT molecular complexity index is 393. The Balaban J connectivity index is 2.26. The van der Waals surface area contributed by atoms with Crippen molar-refractivity contribution in [2.45, 2.75) is 0 Å². The van der Waals surface area contributed by atoms with Crippen LogP contribution in [0.2, 0.25) is 0 Å². The van der Waals surface area contributed by atoms with Gasteiger partial charge in [0.2, 0.25) is 0 Å². The van der Waals surface area contributed by atoms with E-state index in [0.717, 1.165) is 23.3 Å². The summed E-state index contributed by atoms with van der Waals surface area (Å²) in [5, 5.41) is 2.87. The van der Waals surface area contributed by atoms with Gasteiger partial charge in [0.25, 0.3) is 0 Å². The molecule has 2 aromatic carbocycles. The lowest BCUT2D eigenvalue weighted by molar-refractivity contribution is 0.379. The molecule has 0 heterocycles. The molecule has 2 aromatic rings. The molecule has 0 aliphatic heterocycles. The average molecular weight is 260 g/mol. The normalized spacial score (nSPS) is 10.9. The molecule has 0 fully saturated rings. The first-order valence-electron chi connectivity index (χ1n) is 5.78. The summed E-state index contributed by atoms with van der Waals surface area (Å²) in [6.45, 7) is 0.877. The number of benzene rings is 2. The van der Waals surface area contributed by atoms with Crippen molar-refractivity contribution in [1.29, 1.82) is 0 Å². The van der Waals surface area contributed by atoms with E-state index < -0.39 is 0 Å². The first-order chi connectivity index (χ1) is 8.42.